The first kappa shape index (κ1) is 30.9. The van der Waals surface area contributed by atoms with Gasteiger partial charge in [-0.1, -0.05) is 44.2 Å². The van der Waals surface area contributed by atoms with Crippen LogP contribution in [0.4, 0.5) is 0 Å². The number of ether oxygens (including phenoxy) is 1. The fourth-order valence-corrected chi connectivity index (χ4v) is 6.01. The number of likely N-dealkylation sites (N-methyl/N-ethyl adjacent to an activating group) is 1. The third kappa shape index (κ3) is 7.64. The molecule has 6 atom stereocenters. The first-order valence-corrected chi connectivity index (χ1v) is 14.8. The largest absolute Gasteiger partial charge is 0.388 e. The van der Waals surface area contributed by atoms with Crippen LogP contribution in [0, 0.1) is 5.92 Å². The van der Waals surface area contributed by atoms with Crippen LogP contribution in [0.3, 0.4) is 0 Å². The number of nitrogens with zero attached hydrogens (tertiary/aromatic N) is 3. The lowest BCUT2D eigenvalue weighted by atomic mass is 9.97. The van der Waals surface area contributed by atoms with Gasteiger partial charge in [0.05, 0.1) is 18.7 Å². The van der Waals surface area contributed by atoms with Crippen LogP contribution in [-0.4, -0.2) is 120 Å². The SMILES string of the molecule is CC(C)CN1CC(=O)N2CCC[C@H]2C(=O)N(C)[C@@H](C)C(=O)N[C@@H](Cc2ccccc2)C(=O)N[C@H]2CCO[C@H](C1)[C@H]2O. The van der Waals surface area contributed by atoms with Gasteiger partial charge in [-0.05, 0) is 37.7 Å². The molecule has 3 saturated heterocycles. The van der Waals surface area contributed by atoms with Gasteiger partial charge >= 0.3 is 0 Å². The van der Waals surface area contributed by atoms with Crippen molar-refractivity contribution < 1.29 is 29.0 Å². The van der Waals surface area contributed by atoms with Crippen molar-refractivity contribution in [2.45, 2.75) is 82.8 Å². The normalized spacial score (nSPS) is 31.1. The standard InChI is InChI=1S/C30H45N5O6/c1-19(2)16-34-17-25-27(37)22(12-14-41-25)31-29(39)23(15-21-9-6-5-7-10-21)32-28(38)20(3)33(4)30(40)24-11-8-13-35(24)26(36)18-34/h5-7,9-10,19-20,22-25,27,37H,8,11-18H2,1-4H3,(H,31,39)(H,32,38)/t20-,22-,23-,24-,25+,27-/m0/s1. The van der Waals surface area contributed by atoms with Crippen molar-refractivity contribution in [2.24, 2.45) is 5.92 Å². The molecular weight excluding hydrogens is 526 g/mol. The molecule has 1 aromatic carbocycles. The second kappa shape index (κ2) is 13.8. The molecule has 0 unspecified atom stereocenters. The van der Waals surface area contributed by atoms with Crippen molar-refractivity contribution in [1.29, 1.82) is 0 Å². The van der Waals surface area contributed by atoms with Crippen LogP contribution in [0.2, 0.25) is 0 Å². The first-order chi connectivity index (χ1) is 19.5. The van der Waals surface area contributed by atoms with Crippen LogP contribution in [0.5, 0.6) is 0 Å². The summed E-state index contributed by atoms with van der Waals surface area (Å²) >= 11 is 0. The Labute approximate surface area is 242 Å². The number of carbonyl (C=O) groups excluding carboxylic acids is 4. The summed E-state index contributed by atoms with van der Waals surface area (Å²) in [6, 6.07) is 6.38. The molecule has 3 aliphatic heterocycles. The number of nitrogens with one attached hydrogen (secondary N) is 2. The summed E-state index contributed by atoms with van der Waals surface area (Å²) in [6.45, 7) is 7.56. The molecule has 0 aromatic heterocycles. The van der Waals surface area contributed by atoms with E-state index in [-0.39, 0.29) is 30.7 Å². The van der Waals surface area contributed by atoms with E-state index in [1.54, 1.807) is 18.9 Å². The Hall–Kier alpha value is -3.02. The molecule has 4 rings (SSSR count). The van der Waals surface area contributed by atoms with Crippen molar-refractivity contribution in [3.8, 4) is 0 Å². The average molecular weight is 572 g/mol. The first-order valence-electron chi connectivity index (χ1n) is 14.8. The Morgan fingerprint density at radius 3 is 2.49 bits per heavy atom. The minimum Gasteiger partial charge on any atom is -0.388 e. The Bertz CT molecular complexity index is 1080. The topological polar surface area (TPSA) is 132 Å². The molecule has 0 spiro atoms. The van der Waals surface area contributed by atoms with Gasteiger partial charge in [-0.3, -0.25) is 24.1 Å². The molecule has 11 heteroatoms. The summed E-state index contributed by atoms with van der Waals surface area (Å²) in [4.78, 5) is 59.1. The highest BCUT2D eigenvalue weighted by atomic mass is 16.5. The van der Waals surface area contributed by atoms with Crippen LogP contribution in [0.25, 0.3) is 0 Å². The monoisotopic (exact) mass is 571 g/mol. The summed E-state index contributed by atoms with van der Waals surface area (Å²) < 4.78 is 5.94. The molecule has 41 heavy (non-hydrogen) atoms. The molecule has 226 valence electrons. The molecule has 3 aliphatic rings. The molecule has 3 N–H and O–H groups in total. The molecule has 4 amide bonds. The van der Waals surface area contributed by atoms with Crippen molar-refractivity contribution in [3.63, 3.8) is 0 Å². The van der Waals surface area contributed by atoms with Gasteiger partial charge < -0.3 is 30.3 Å². The van der Waals surface area contributed by atoms with Gasteiger partial charge in [-0.25, -0.2) is 0 Å². The van der Waals surface area contributed by atoms with Crippen LogP contribution in [-0.2, 0) is 30.3 Å². The quantitative estimate of drug-likeness (QED) is 0.469. The van der Waals surface area contributed by atoms with E-state index in [0.717, 1.165) is 5.56 Å². The highest BCUT2D eigenvalue weighted by Crippen LogP contribution is 2.22. The summed E-state index contributed by atoms with van der Waals surface area (Å²) in [6.07, 6.45) is 0.290. The van der Waals surface area contributed by atoms with Crippen LogP contribution >= 0.6 is 0 Å². The zero-order chi connectivity index (χ0) is 29.7. The predicted octanol–water partition coefficient (Wildman–Crippen LogP) is 0.158. The number of hydrogen-bond donors (Lipinski definition) is 3. The lowest BCUT2D eigenvalue weighted by molar-refractivity contribution is -0.147. The number of fused-ring (bicyclic) bond motifs is 3. The van der Waals surface area contributed by atoms with Gasteiger partial charge in [0.1, 0.15) is 24.2 Å². The minimum atomic E-state index is -0.993. The molecule has 0 saturated carbocycles. The molecule has 1 aromatic rings. The van der Waals surface area contributed by atoms with E-state index < -0.39 is 48.2 Å². The van der Waals surface area contributed by atoms with E-state index in [9.17, 15) is 24.3 Å². The lowest BCUT2D eigenvalue weighted by Gasteiger charge is -2.39. The summed E-state index contributed by atoms with van der Waals surface area (Å²) in [5.41, 5.74) is 0.866. The Morgan fingerprint density at radius 2 is 1.78 bits per heavy atom. The number of benzene rings is 1. The van der Waals surface area contributed by atoms with Crippen molar-refractivity contribution >= 4 is 23.6 Å². The number of rotatable bonds is 4. The van der Waals surface area contributed by atoms with Crippen LogP contribution < -0.4 is 10.6 Å². The Balaban J connectivity index is 1.65. The van der Waals surface area contributed by atoms with E-state index in [4.69, 9.17) is 4.74 Å². The van der Waals surface area contributed by atoms with Crippen molar-refractivity contribution in [3.05, 3.63) is 35.9 Å². The number of carbonyl (C=O) groups is 4. The highest BCUT2D eigenvalue weighted by Gasteiger charge is 2.41. The smallest absolute Gasteiger partial charge is 0.245 e. The molecule has 0 radical (unpaired) electrons. The molecule has 2 bridgehead atoms. The van der Waals surface area contributed by atoms with Gasteiger partial charge in [0.15, 0.2) is 0 Å². The minimum absolute atomic E-state index is 0.0878. The number of amides is 4. The number of aliphatic hydroxyl groups excluding tert-OH is 1. The van der Waals surface area contributed by atoms with Crippen molar-refractivity contribution in [2.75, 3.05) is 39.8 Å². The number of hydrogen-bond acceptors (Lipinski definition) is 7. The third-order valence-electron chi connectivity index (χ3n) is 8.38. The average Bonchev–Trinajstić information content (AvgIpc) is 3.43. The maximum Gasteiger partial charge on any atom is 0.245 e. The van der Waals surface area contributed by atoms with E-state index in [1.165, 1.54) is 4.90 Å². The Morgan fingerprint density at radius 1 is 1.05 bits per heavy atom. The fourth-order valence-electron chi connectivity index (χ4n) is 6.01. The van der Waals surface area contributed by atoms with Crippen LogP contribution in [0.1, 0.15) is 45.6 Å². The third-order valence-corrected chi connectivity index (χ3v) is 8.38. The summed E-state index contributed by atoms with van der Waals surface area (Å²) in [7, 11) is 1.57. The second-order valence-corrected chi connectivity index (χ2v) is 12.0. The summed E-state index contributed by atoms with van der Waals surface area (Å²) in [5.74, 6) is -1.07. The molecule has 3 fully saturated rings. The lowest BCUT2D eigenvalue weighted by Crippen LogP contribution is -2.60. The van der Waals surface area contributed by atoms with Gasteiger partial charge in [0, 0.05) is 39.7 Å². The fraction of sp³-hybridized carbons (Fsp3) is 0.667. The van der Waals surface area contributed by atoms with Gasteiger partial charge in [-0.15, -0.1) is 0 Å². The van der Waals surface area contributed by atoms with Gasteiger partial charge in [0.2, 0.25) is 23.6 Å². The van der Waals surface area contributed by atoms with Gasteiger partial charge in [-0.2, -0.15) is 0 Å². The molecule has 11 nitrogen and oxygen atoms in total. The maximum absolute atomic E-state index is 13.6. The van der Waals surface area contributed by atoms with Crippen LogP contribution in [0.15, 0.2) is 30.3 Å². The molecular formula is C30H45N5O6. The maximum atomic E-state index is 13.6. The molecule has 3 heterocycles. The van der Waals surface area contributed by atoms with E-state index in [2.05, 4.69) is 24.5 Å². The molecule has 0 aliphatic carbocycles. The van der Waals surface area contributed by atoms with Crippen molar-refractivity contribution in [1.82, 2.24) is 25.3 Å². The zero-order valence-corrected chi connectivity index (χ0v) is 24.6. The van der Waals surface area contributed by atoms with Gasteiger partial charge in [0.25, 0.3) is 0 Å². The second-order valence-electron chi connectivity index (χ2n) is 12.0. The summed E-state index contributed by atoms with van der Waals surface area (Å²) in [5, 5.41) is 17.1. The Kier molecular flexibility index (Phi) is 10.4. The van der Waals surface area contributed by atoms with E-state index in [1.807, 2.05) is 35.2 Å². The zero-order valence-electron chi connectivity index (χ0n) is 24.6. The van der Waals surface area contributed by atoms with E-state index >= 15 is 0 Å². The van der Waals surface area contributed by atoms with E-state index in [0.29, 0.717) is 45.5 Å². The predicted molar refractivity (Wildman–Crippen MR) is 153 cm³/mol. The number of aliphatic hydroxyl groups is 1. The highest BCUT2D eigenvalue weighted by molar-refractivity contribution is 5.94.